The first-order valence-electron chi connectivity index (χ1n) is 10.4. The van der Waals surface area contributed by atoms with Crippen LogP contribution in [0.2, 0.25) is 0 Å². The molecular weight excluding hydrogens is 470 g/mol. The number of hydrogen-bond acceptors (Lipinski definition) is 8. The Morgan fingerprint density at radius 2 is 1.88 bits per heavy atom. The van der Waals surface area contributed by atoms with Crippen LogP contribution in [0.15, 0.2) is 60.1 Å². The lowest BCUT2D eigenvalue weighted by Crippen LogP contribution is -1.96. The van der Waals surface area contributed by atoms with E-state index >= 15 is 0 Å². The third-order valence-corrected chi connectivity index (χ3v) is 7.06. The standard InChI is InChI=1S/C24H19N5O3S2/c1-30-15-8-17-16(10-18(25-17)19-11-29-23(27-19)34-24(28-29)31-2)21(9-15)32-12-22-26-20(13-33-22)14-6-4-3-5-7-14/h3-11,13,25H,12H2,1-2H3. The predicted octanol–water partition coefficient (Wildman–Crippen LogP) is 5.66. The minimum atomic E-state index is 0.365. The summed E-state index contributed by atoms with van der Waals surface area (Å²) >= 11 is 2.97. The molecule has 0 saturated carbocycles. The molecule has 1 N–H and O–H groups in total. The fraction of sp³-hybridized carbons (Fsp3) is 0.125. The summed E-state index contributed by atoms with van der Waals surface area (Å²) in [5.74, 6) is 1.42. The number of hydrogen-bond donors (Lipinski definition) is 1. The van der Waals surface area contributed by atoms with Gasteiger partial charge in [0.2, 0.25) is 4.96 Å². The number of methoxy groups -OCH3 is 2. The van der Waals surface area contributed by atoms with Crippen LogP contribution >= 0.6 is 22.7 Å². The number of aromatic nitrogens is 5. The maximum absolute atomic E-state index is 6.22. The molecule has 0 radical (unpaired) electrons. The normalized spacial score (nSPS) is 11.4. The van der Waals surface area contributed by atoms with Crippen LogP contribution in [-0.4, -0.2) is 38.8 Å². The minimum absolute atomic E-state index is 0.365. The number of thiazole rings is 1. The van der Waals surface area contributed by atoms with Crippen molar-refractivity contribution in [3.63, 3.8) is 0 Å². The van der Waals surface area contributed by atoms with Gasteiger partial charge in [0.05, 0.1) is 37.3 Å². The topological polar surface area (TPSA) is 86.6 Å². The Labute approximate surface area is 202 Å². The number of rotatable bonds is 7. The smallest absolute Gasteiger partial charge is 0.294 e. The van der Waals surface area contributed by atoms with Crippen LogP contribution in [0.5, 0.6) is 16.7 Å². The summed E-state index contributed by atoms with van der Waals surface area (Å²) in [5, 5.41) is 8.82. The van der Waals surface area contributed by atoms with Gasteiger partial charge in [0.15, 0.2) is 0 Å². The Morgan fingerprint density at radius 1 is 1.00 bits per heavy atom. The highest BCUT2D eigenvalue weighted by Crippen LogP contribution is 2.35. The summed E-state index contributed by atoms with van der Waals surface area (Å²) in [7, 11) is 3.24. The Bertz CT molecular complexity index is 1570. The predicted molar refractivity (Wildman–Crippen MR) is 133 cm³/mol. The molecular formula is C24H19N5O3S2. The molecule has 34 heavy (non-hydrogen) atoms. The fourth-order valence-electron chi connectivity index (χ4n) is 3.71. The molecule has 4 aromatic heterocycles. The highest BCUT2D eigenvalue weighted by molar-refractivity contribution is 7.18. The van der Waals surface area contributed by atoms with E-state index in [0.29, 0.717) is 23.3 Å². The molecule has 0 aliphatic rings. The number of imidazole rings is 1. The average Bonchev–Trinajstić information content (AvgIpc) is 3.65. The molecule has 0 unspecified atom stereocenters. The fourth-order valence-corrected chi connectivity index (χ4v) is 5.12. The van der Waals surface area contributed by atoms with Crippen molar-refractivity contribution in [3.8, 4) is 39.3 Å². The first-order chi connectivity index (χ1) is 16.7. The molecule has 170 valence electrons. The molecule has 6 aromatic rings. The third-order valence-electron chi connectivity index (χ3n) is 5.36. The van der Waals surface area contributed by atoms with Crippen LogP contribution in [-0.2, 0) is 6.61 Å². The maximum Gasteiger partial charge on any atom is 0.294 e. The van der Waals surface area contributed by atoms with Crippen molar-refractivity contribution < 1.29 is 14.2 Å². The lowest BCUT2D eigenvalue weighted by atomic mass is 10.2. The van der Waals surface area contributed by atoms with Crippen molar-refractivity contribution in [1.29, 1.82) is 0 Å². The number of ether oxygens (including phenoxy) is 3. The number of fused-ring (bicyclic) bond motifs is 2. The van der Waals surface area contributed by atoms with Gasteiger partial charge in [-0.3, -0.25) is 0 Å². The molecule has 0 saturated heterocycles. The van der Waals surface area contributed by atoms with Crippen molar-refractivity contribution in [2.24, 2.45) is 0 Å². The molecule has 0 spiro atoms. The van der Waals surface area contributed by atoms with Gasteiger partial charge in [-0.25, -0.2) is 14.5 Å². The highest BCUT2D eigenvalue weighted by Gasteiger charge is 2.15. The van der Waals surface area contributed by atoms with E-state index in [1.54, 1.807) is 30.1 Å². The third kappa shape index (κ3) is 3.76. The van der Waals surface area contributed by atoms with E-state index in [1.165, 1.54) is 11.3 Å². The van der Waals surface area contributed by atoms with Gasteiger partial charge in [-0.1, -0.05) is 30.3 Å². The lowest BCUT2D eigenvalue weighted by molar-refractivity contribution is 0.307. The molecule has 4 heterocycles. The Hall–Kier alpha value is -3.89. The Morgan fingerprint density at radius 3 is 2.68 bits per heavy atom. The molecule has 6 rings (SSSR count). The van der Waals surface area contributed by atoms with Crippen molar-refractivity contribution in [2.45, 2.75) is 6.61 Å². The molecule has 0 amide bonds. The number of nitrogens with one attached hydrogen (secondary N) is 1. The van der Waals surface area contributed by atoms with E-state index in [4.69, 9.17) is 19.2 Å². The van der Waals surface area contributed by atoms with Gasteiger partial charge in [-0.15, -0.1) is 16.4 Å². The molecule has 0 bridgehead atoms. The highest BCUT2D eigenvalue weighted by atomic mass is 32.1. The second-order valence-electron chi connectivity index (χ2n) is 7.48. The van der Waals surface area contributed by atoms with Gasteiger partial charge in [0, 0.05) is 28.5 Å². The van der Waals surface area contributed by atoms with Gasteiger partial charge in [0.25, 0.3) is 5.19 Å². The van der Waals surface area contributed by atoms with Crippen molar-refractivity contribution >= 4 is 38.5 Å². The van der Waals surface area contributed by atoms with Crippen molar-refractivity contribution in [1.82, 2.24) is 24.6 Å². The van der Waals surface area contributed by atoms with Crippen LogP contribution in [0.4, 0.5) is 0 Å². The van der Waals surface area contributed by atoms with E-state index in [-0.39, 0.29) is 0 Å². The minimum Gasteiger partial charge on any atom is -0.497 e. The average molecular weight is 490 g/mol. The number of benzene rings is 2. The molecule has 2 aromatic carbocycles. The maximum atomic E-state index is 6.22. The largest absolute Gasteiger partial charge is 0.497 e. The second-order valence-corrected chi connectivity index (χ2v) is 9.34. The van der Waals surface area contributed by atoms with Crippen LogP contribution < -0.4 is 14.2 Å². The monoisotopic (exact) mass is 489 g/mol. The number of nitrogens with zero attached hydrogens (tertiary/aromatic N) is 4. The van der Waals surface area contributed by atoms with Gasteiger partial charge < -0.3 is 19.2 Å². The first kappa shape index (κ1) is 20.7. The zero-order valence-electron chi connectivity index (χ0n) is 18.3. The zero-order valence-corrected chi connectivity index (χ0v) is 19.9. The molecule has 0 aliphatic carbocycles. The van der Waals surface area contributed by atoms with Crippen LogP contribution in [0.3, 0.4) is 0 Å². The van der Waals surface area contributed by atoms with Crippen LogP contribution in [0, 0.1) is 0 Å². The Balaban J connectivity index is 1.30. The quantitative estimate of drug-likeness (QED) is 0.311. The van der Waals surface area contributed by atoms with Crippen LogP contribution in [0.1, 0.15) is 5.01 Å². The van der Waals surface area contributed by atoms with Crippen molar-refractivity contribution in [3.05, 3.63) is 65.1 Å². The lowest BCUT2D eigenvalue weighted by Gasteiger charge is -2.08. The van der Waals surface area contributed by atoms with Gasteiger partial charge in [-0.05, 0) is 17.4 Å². The second kappa shape index (κ2) is 8.47. The van der Waals surface area contributed by atoms with Gasteiger partial charge in [-0.2, -0.15) is 0 Å². The van der Waals surface area contributed by atoms with E-state index in [1.807, 2.05) is 42.6 Å². The van der Waals surface area contributed by atoms with E-state index < -0.39 is 0 Å². The molecule has 10 heteroatoms. The zero-order chi connectivity index (χ0) is 23.1. The molecule has 0 atom stereocenters. The van der Waals surface area contributed by atoms with E-state index in [2.05, 4.69) is 32.6 Å². The number of H-pyrrole nitrogens is 1. The van der Waals surface area contributed by atoms with Gasteiger partial charge in [0.1, 0.15) is 28.8 Å². The van der Waals surface area contributed by atoms with Crippen molar-refractivity contribution in [2.75, 3.05) is 14.2 Å². The number of aromatic amines is 1. The SMILES string of the molecule is COc1cc(OCc2nc(-c3ccccc3)cs2)c2cc(-c3cn4nc(OC)sc4n3)[nH]c2c1. The molecule has 8 nitrogen and oxygen atoms in total. The molecule has 0 aliphatic heterocycles. The Kier molecular flexibility index (Phi) is 5.16. The summed E-state index contributed by atoms with van der Waals surface area (Å²) in [6.07, 6.45) is 1.87. The summed E-state index contributed by atoms with van der Waals surface area (Å²) < 4.78 is 18.6. The molecule has 0 fully saturated rings. The summed E-state index contributed by atoms with van der Waals surface area (Å²) in [5.41, 5.74) is 4.60. The van der Waals surface area contributed by atoms with E-state index in [9.17, 15) is 0 Å². The first-order valence-corrected chi connectivity index (χ1v) is 12.1. The van der Waals surface area contributed by atoms with E-state index in [0.717, 1.165) is 43.5 Å². The summed E-state index contributed by atoms with van der Waals surface area (Å²) in [4.78, 5) is 13.6. The summed E-state index contributed by atoms with van der Waals surface area (Å²) in [6.45, 7) is 0.365. The summed E-state index contributed by atoms with van der Waals surface area (Å²) in [6, 6.07) is 16.0. The van der Waals surface area contributed by atoms with Crippen LogP contribution in [0.25, 0.3) is 38.5 Å². The van der Waals surface area contributed by atoms with Gasteiger partial charge >= 0.3 is 0 Å².